The Morgan fingerprint density at radius 1 is 1.11 bits per heavy atom. The number of carboxylic acids is 1. The molecule has 18 heavy (non-hydrogen) atoms. The van der Waals surface area contributed by atoms with Crippen LogP contribution in [0.1, 0.15) is 12.8 Å². The van der Waals surface area contributed by atoms with Crippen LogP contribution in [0.4, 0.5) is 4.79 Å². The molecule has 0 radical (unpaired) electrons. The molecule has 2 heterocycles. The number of carboxylic acid groups (broad SMARTS) is 1. The first kappa shape index (κ1) is 13.1. The number of carbonyl (C=O) groups excluding carboxylic acids is 1. The van der Waals surface area contributed by atoms with Crippen molar-refractivity contribution in [2.24, 2.45) is 5.92 Å². The molecule has 2 amide bonds. The Bertz CT molecular complexity index is 327. The van der Waals surface area contributed by atoms with Gasteiger partial charge in [-0.3, -0.25) is 4.79 Å². The minimum absolute atomic E-state index is 0.0796. The predicted molar refractivity (Wildman–Crippen MR) is 66.4 cm³/mol. The van der Waals surface area contributed by atoms with Crippen LogP contribution < -0.4 is 0 Å². The van der Waals surface area contributed by atoms with Crippen molar-refractivity contribution < 1.29 is 14.7 Å². The van der Waals surface area contributed by atoms with E-state index < -0.39 is 5.97 Å². The van der Waals surface area contributed by atoms with E-state index in [1.165, 1.54) is 0 Å². The summed E-state index contributed by atoms with van der Waals surface area (Å²) in [6.45, 7) is 4.67. The zero-order valence-corrected chi connectivity index (χ0v) is 10.8. The van der Waals surface area contributed by atoms with Gasteiger partial charge in [-0.05, 0) is 19.4 Å². The summed E-state index contributed by atoms with van der Waals surface area (Å²) < 4.78 is 0. The third kappa shape index (κ3) is 3.13. The average molecular weight is 255 g/mol. The molecule has 2 aliphatic heterocycles. The minimum Gasteiger partial charge on any atom is -0.481 e. The first-order valence-corrected chi connectivity index (χ1v) is 6.50. The number of rotatable bonds is 2. The molecule has 2 saturated heterocycles. The largest absolute Gasteiger partial charge is 0.481 e. The van der Waals surface area contributed by atoms with Gasteiger partial charge in [-0.15, -0.1) is 0 Å². The van der Waals surface area contributed by atoms with Crippen LogP contribution in [0.2, 0.25) is 0 Å². The van der Waals surface area contributed by atoms with Gasteiger partial charge in [-0.1, -0.05) is 0 Å². The summed E-state index contributed by atoms with van der Waals surface area (Å²) in [6, 6.07) is 0.0796. The van der Waals surface area contributed by atoms with Crippen LogP contribution in [-0.2, 0) is 4.79 Å². The molecule has 0 aromatic heterocycles. The number of nitrogens with zero attached hydrogens (tertiary/aromatic N) is 3. The van der Waals surface area contributed by atoms with Crippen LogP contribution in [-0.4, -0.2) is 78.1 Å². The van der Waals surface area contributed by atoms with E-state index in [2.05, 4.69) is 11.9 Å². The number of piperazine rings is 1. The maximum Gasteiger partial charge on any atom is 0.320 e. The molecule has 102 valence electrons. The molecule has 6 nitrogen and oxygen atoms in total. The topological polar surface area (TPSA) is 64.1 Å². The predicted octanol–water partition coefficient (Wildman–Crippen LogP) is 0.150. The Hall–Kier alpha value is -1.30. The van der Waals surface area contributed by atoms with E-state index in [0.717, 1.165) is 32.6 Å². The van der Waals surface area contributed by atoms with Crippen LogP contribution in [0.25, 0.3) is 0 Å². The van der Waals surface area contributed by atoms with Crippen molar-refractivity contribution >= 4 is 12.0 Å². The van der Waals surface area contributed by atoms with Gasteiger partial charge < -0.3 is 19.8 Å². The molecule has 0 spiro atoms. The maximum absolute atomic E-state index is 12.2. The Kier molecular flexibility index (Phi) is 4.06. The van der Waals surface area contributed by atoms with Gasteiger partial charge in [-0.2, -0.15) is 0 Å². The third-order valence-electron chi connectivity index (χ3n) is 3.79. The highest BCUT2D eigenvalue weighted by molar-refractivity contribution is 5.75. The van der Waals surface area contributed by atoms with Crippen molar-refractivity contribution in [3.05, 3.63) is 0 Å². The summed E-state index contributed by atoms with van der Waals surface area (Å²) in [4.78, 5) is 28.8. The van der Waals surface area contributed by atoms with Crippen molar-refractivity contribution in [2.75, 3.05) is 46.3 Å². The molecule has 0 aliphatic carbocycles. The zero-order valence-electron chi connectivity index (χ0n) is 10.8. The SMILES string of the molecule is CN1CCN(C(=O)N2CCC(CC(=O)O)C2)CC1. The van der Waals surface area contributed by atoms with Crippen molar-refractivity contribution in [3.63, 3.8) is 0 Å². The fourth-order valence-electron chi connectivity index (χ4n) is 2.62. The number of likely N-dealkylation sites (tertiary alicyclic amines) is 1. The fraction of sp³-hybridized carbons (Fsp3) is 0.833. The Balaban J connectivity index is 1.82. The van der Waals surface area contributed by atoms with Crippen molar-refractivity contribution in [3.8, 4) is 0 Å². The Labute approximate surface area is 107 Å². The Morgan fingerprint density at radius 2 is 1.78 bits per heavy atom. The number of likely N-dealkylation sites (N-methyl/N-ethyl adjacent to an activating group) is 1. The smallest absolute Gasteiger partial charge is 0.320 e. The molecule has 2 fully saturated rings. The van der Waals surface area contributed by atoms with Gasteiger partial charge in [0.1, 0.15) is 0 Å². The van der Waals surface area contributed by atoms with Gasteiger partial charge in [0.25, 0.3) is 0 Å². The van der Waals surface area contributed by atoms with Gasteiger partial charge in [0.15, 0.2) is 0 Å². The van der Waals surface area contributed by atoms with E-state index in [1.54, 1.807) is 4.90 Å². The maximum atomic E-state index is 12.2. The fourth-order valence-corrected chi connectivity index (χ4v) is 2.62. The monoisotopic (exact) mass is 255 g/mol. The van der Waals surface area contributed by atoms with Gasteiger partial charge in [0.2, 0.25) is 0 Å². The second-order valence-electron chi connectivity index (χ2n) is 5.27. The molecular weight excluding hydrogens is 234 g/mol. The van der Waals surface area contributed by atoms with E-state index >= 15 is 0 Å². The number of amides is 2. The lowest BCUT2D eigenvalue weighted by Gasteiger charge is -2.35. The number of aliphatic carboxylic acids is 1. The average Bonchev–Trinajstić information content (AvgIpc) is 2.76. The highest BCUT2D eigenvalue weighted by Gasteiger charge is 2.31. The lowest BCUT2D eigenvalue weighted by atomic mass is 10.1. The van der Waals surface area contributed by atoms with Crippen LogP contribution in [0.5, 0.6) is 0 Å². The van der Waals surface area contributed by atoms with Gasteiger partial charge in [-0.25, -0.2) is 4.79 Å². The summed E-state index contributed by atoms with van der Waals surface area (Å²) in [5, 5.41) is 8.76. The van der Waals surface area contributed by atoms with Crippen LogP contribution in [0.15, 0.2) is 0 Å². The lowest BCUT2D eigenvalue weighted by Crippen LogP contribution is -2.51. The van der Waals surface area contributed by atoms with Crippen LogP contribution >= 0.6 is 0 Å². The van der Waals surface area contributed by atoms with E-state index in [1.807, 2.05) is 4.90 Å². The second-order valence-corrected chi connectivity index (χ2v) is 5.27. The van der Waals surface area contributed by atoms with Crippen molar-refractivity contribution in [2.45, 2.75) is 12.8 Å². The molecule has 6 heteroatoms. The van der Waals surface area contributed by atoms with E-state index in [9.17, 15) is 9.59 Å². The first-order chi connectivity index (χ1) is 8.56. The zero-order chi connectivity index (χ0) is 13.1. The third-order valence-corrected chi connectivity index (χ3v) is 3.79. The summed E-state index contributed by atoms with van der Waals surface area (Å²) in [5.41, 5.74) is 0. The van der Waals surface area contributed by atoms with Crippen molar-refractivity contribution in [1.29, 1.82) is 0 Å². The molecule has 1 atom stereocenters. The van der Waals surface area contributed by atoms with Gasteiger partial charge in [0.05, 0.1) is 0 Å². The minimum atomic E-state index is -0.770. The summed E-state index contributed by atoms with van der Waals surface area (Å²) in [6.07, 6.45) is 0.984. The molecule has 0 saturated carbocycles. The van der Waals surface area contributed by atoms with Crippen molar-refractivity contribution in [1.82, 2.24) is 14.7 Å². The molecule has 1 unspecified atom stereocenters. The highest BCUT2D eigenvalue weighted by Crippen LogP contribution is 2.21. The number of hydrogen-bond acceptors (Lipinski definition) is 3. The normalized spacial score (nSPS) is 25.5. The standard InChI is InChI=1S/C12H21N3O3/c1-13-4-6-14(7-5-13)12(18)15-3-2-10(9-15)8-11(16)17/h10H,2-9H2,1H3,(H,16,17). The number of urea groups is 1. The van der Waals surface area contributed by atoms with Gasteiger partial charge >= 0.3 is 12.0 Å². The summed E-state index contributed by atoms with van der Waals surface area (Å²) >= 11 is 0. The number of hydrogen-bond donors (Lipinski definition) is 1. The van der Waals surface area contributed by atoms with Crippen LogP contribution in [0.3, 0.4) is 0 Å². The number of carbonyl (C=O) groups is 2. The molecule has 2 rings (SSSR count). The second kappa shape index (κ2) is 5.56. The highest BCUT2D eigenvalue weighted by atomic mass is 16.4. The molecule has 0 bridgehead atoms. The lowest BCUT2D eigenvalue weighted by molar-refractivity contribution is -0.138. The van der Waals surface area contributed by atoms with Gasteiger partial charge in [0, 0.05) is 45.7 Å². The van der Waals surface area contributed by atoms with E-state index in [-0.39, 0.29) is 18.4 Å². The summed E-state index contributed by atoms with van der Waals surface area (Å²) in [7, 11) is 2.06. The Morgan fingerprint density at radius 3 is 2.39 bits per heavy atom. The molecule has 0 aromatic rings. The molecule has 1 N–H and O–H groups in total. The first-order valence-electron chi connectivity index (χ1n) is 6.50. The van der Waals surface area contributed by atoms with Crippen LogP contribution in [0, 0.1) is 5.92 Å². The summed E-state index contributed by atoms with van der Waals surface area (Å²) in [5.74, 6) is -0.646. The molecular formula is C12H21N3O3. The van der Waals surface area contributed by atoms with E-state index in [0.29, 0.717) is 13.1 Å². The molecule has 0 aromatic carbocycles. The quantitative estimate of drug-likeness (QED) is 0.763. The molecule has 2 aliphatic rings. The van der Waals surface area contributed by atoms with E-state index in [4.69, 9.17) is 5.11 Å².